The van der Waals surface area contributed by atoms with Crippen molar-refractivity contribution in [3.8, 4) is 0 Å². The van der Waals surface area contributed by atoms with E-state index in [1.807, 2.05) is 0 Å². The molecule has 1 aromatic carbocycles. The molecule has 0 aliphatic heterocycles. The molecule has 0 heterocycles. The van der Waals surface area contributed by atoms with Crippen LogP contribution in [0.2, 0.25) is 0 Å². The van der Waals surface area contributed by atoms with Crippen LogP contribution in [0.3, 0.4) is 0 Å². The van der Waals surface area contributed by atoms with Gasteiger partial charge in [-0.25, -0.2) is 0 Å². The fourth-order valence-corrected chi connectivity index (χ4v) is 3.41. The molecule has 0 saturated heterocycles. The topological polar surface area (TPSA) is 12.5 Å². The molecule has 0 atom stereocenters. The van der Waals surface area contributed by atoms with Crippen molar-refractivity contribution in [2.75, 3.05) is 33.9 Å². The molecule has 1 fully saturated rings. The van der Waals surface area contributed by atoms with Gasteiger partial charge < -0.3 is 9.64 Å². The zero-order chi connectivity index (χ0) is 14.4. The number of ether oxygens (including phenoxy) is 1. The van der Waals surface area contributed by atoms with E-state index in [1.165, 1.54) is 37.7 Å². The molecule has 0 bridgehead atoms. The van der Waals surface area contributed by atoms with Crippen LogP contribution in [0.4, 0.5) is 0 Å². The average molecular weight is 275 g/mol. The minimum Gasteiger partial charge on any atom is -0.383 e. The van der Waals surface area contributed by atoms with Crippen molar-refractivity contribution in [3.05, 3.63) is 35.4 Å². The summed E-state index contributed by atoms with van der Waals surface area (Å²) in [5.41, 5.74) is 3.34. The lowest BCUT2D eigenvalue weighted by Gasteiger charge is -2.32. The average Bonchev–Trinajstić information content (AvgIpc) is 2.93. The Morgan fingerprint density at radius 2 is 1.75 bits per heavy atom. The van der Waals surface area contributed by atoms with Gasteiger partial charge in [0.2, 0.25) is 0 Å². The predicted molar refractivity (Wildman–Crippen MR) is 85.3 cm³/mol. The van der Waals surface area contributed by atoms with E-state index in [0.29, 0.717) is 5.41 Å². The van der Waals surface area contributed by atoms with Crippen molar-refractivity contribution in [2.24, 2.45) is 0 Å². The van der Waals surface area contributed by atoms with Gasteiger partial charge in [0.25, 0.3) is 0 Å². The maximum Gasteiger partial charge on any atom is 0.0589 e. The van der Waals surface area contributed by atoms with Gasteiger partial charge in [0.15, 0.2) is 0 Å². The summed E-state index contributed by atoms with van der Waals surface area (Å²) in [6, 6.07) is 9.25. The van der Waals surface area contributed by atoms with Gasteiger partial charge >= 0.3 is 0 Å². The van der Waals surface area contributed by atoms with Crippen molar-refractivity contribution in [1.29, 1.82) is 0 Å². The van der Waals surface area contributed by atoms with Crippen LogP contribution in [0.5, 0.6) is 0 Å². The SMILES string of the molecule is COCCN(C)CCC1(c2ccc(C)cc2)CCCC1. The monoisotopic (exact) mass is 275 g/mol. The summed E-state index contributed by atoms with van der Waals surface area (Å²) >= 11 is 0. The number of methoxy groups -OCH3 is 1. The Morgan fingerprint density at radius 3 is 2.35 bits per heavy atom. The lowest BCUT2D eigenvalue weighted by molar-refractivity contribution is 0.155. The first-order chi connectivity index (χ1) is 9.66. The highest BCUT2D eigenvalue weighted by molar-refractivity contribution is 5.29. The molecule has 1 aromatic rings. The van der Waals surface area contributed by atoms with E-state index in [0.717, 1.165) is 19.7 Å². The Hall–Kier alpha value is -0.860. The predicted octanol–water partition coefficient (Wildman–Crippen LogP) is 3.78. The molecule has 0 N–H and O–H groups in total. The molecule has 20 heavy (non-hydrogen) atoms. The summed E-state index contributed by atoms with van der Waals surface area (Å²) in [7, 11) is 3.98. The van der Waals surface area contributed by atoms with Crippen LogP contribution in [0.1, 0.15) is 43.2 Å². The summed E-state index contributed by atoms with van der Waals surface area (Å²) < 4.78 is 5.17. The van der Waals surface area contributed by atoms with Crippen LogP contribution < -0.4 is 0 Å². The number of hydrogen-bond acceptors (Lipinski definition) is 2. The molecule has 1 aliphatic carbocycles. The fraction of sp³-hybridized carbons (Fsp3) is 0.667. The maximum atomic E-state index is 5.17. The van der Waals surface area contributed by atoms with Crippen LogP contribution in [0, 0.1) is 6.92 Å². The summed E-state index contributed by atoms with van der Waals surface area (Å²) in [4.78, 5) is 2.40. The molecule has 1 saturated carbocycles. The van der Waals surface area contributed by atoms with Gasteiger partial charge in [-0.05, 0) is 50.8 Å². The quantitative estimate of drug-likeness (QED) is 0.751. The van der Waals surface area contributed by atoms with Crippen molar-refractivity contribution < 1.29 is 4.74 Å². The molecule has 0 aromatic heterocycles. The van der Waals surface area contributed by atoms with Crippen molar-refractivity contribution in [3.63, 3.8) is 0 Å². The van der Waals surface area contributed by atoms with E-state index in [2.05, 4.69) is 43.1 Å². The molecule has 112 valence electrons. The number of hydrogen-bond donors (Lipinski definition) is 0. The van der Waals surface area contributed by atoms with Crippen molar-refractivity contribution >= 4 is 0 Å². The molecule has 2 rings (SSSR count). The number of benzene rings is 1. The Labute approximate surface area is 124 Å². The minimum absolute atomic E-state index is 0.426. The van der Waals surface area contributed by atoms with Gasteiger partial charge in [-0.3, -0.25) is 0 Å². The second-order valence-electron chi connectivity index (χ2n) is 6.40. The van der Waals surface area contributed by atoms with E-state index in [9.17, 15) is 0 Å². The van der Waals surface area contributed by atoms with E-state index < -0.39 is 0 Å². The highest BCUT2D eigenvalue weighted by atomic mass is 16.5. The normalized spacial score (nSPS) is 17.8. The third-order valence-corrected chi connectivity index (χ3v) is 4.87. The Kier molecular flexibility index (Phi) is 5.62. The molecule has 1 aliphatic rings. The van der Waals surface area contributed by atoms with E-state index in [4.69, 9.17) is 4.74 Å². The third-order valence-electron chi connectivity index (χ3n) is 4.87. The molecule has 0 unspecified atom stereocenters. The highest BCUT2D eigenvalue weighted by Gasteiger charge is 2.35. The minimum atomic E-state index is 0.426. The van der Waals surface area contributed by atoms with E-state index in [-0.39, 0.29) is 0 Å². The number of rotatable bonds is 7. The lowest BCUT2D eigenvalue weighted by Crippen LogP contribution is -2.31. The standard InChI is InChI=1S/C18H29NO/c1-16-6-8-17(9-7-16)18(10-4-5-11-18)12-13-19(2)14-15-20-3/h6-9H,4-5,10-15H2,1-3H3. The molecular weight excluding hydrogens is 246 g/mol. The molecule has 2 heteroatoms. The van der Waals surface area contributed by atoms with Crippen LogP contribution in [-0.2, 0) is 10.2 Å². The van der Waals surface area contributed by atoms with Crippen molar-refractivity contribution in [2.45, 2.75) is 44.4 Å². The first-order valence-corrected chi connectivity index (χ1v) is 7.91. The summed E-state index contributed by atoms with van der Waals surface area (Å²) in [6.45, 7) is 5.19. The van der Waals surface area contributed by atoms with Gasteiger partial charge in [0.05, 0.1) is 6.61 Å². The third kappa shape index (κ3) is 3.83. The molecular formula is C18H29NO. The highest BCUT2D eigenvalue weighted by Crippen LogP contribution is 2.43. The summed E-state index contributed by atoms with van der Waals surface area (Å²) in [6.07, 6.45) is 6.75. The van der Waals surface area contributed by atoms with Gasteiger partial charge in [-0.1, -0.05) is 42.7 Å². The second-order valence-corrected chi connectivity index (χ2v) is 6.40. The van der Waals surface area contributed by atoms with Gasteiger partial charge in [-0.2, -0.15) is 0 Å². The largest absolute Gasteiger partial charge is 0.383 e. The number of aryl methyl sites for hydroxylation is 1. The first kappa shape index (κ1) is 15.5. The number of nitrogens with zero attached hydrogens (tertiary/aromatic N) is 1. The van der Waals surface area contributed by atoms with Crippen LogP contribution >= 0.6 is 0 Å². The van der Waals surface area contributed by atoms with Crippen LogP contribution in [0.25, 0.3) is 0 Å². The number of likely N-dealkylation sites (N-methyl/N-ethyl adjacent to an activating group) is 1. The van der Waals surface area contributed by atoms with Gasteiger partial charge in [-0.15, -0.1) is 0 Å². The first-order valence-electron chi connectivity index (χ1n) is 7.91. The van der Waals surface area contributed by atoms with Crippen molar-refractivity contribution in [1.82, 2.24) is 4.90 Å². The van der Waals surface area contributed by atoms with Gasteiger partial charge in [0, 0.05) is 13.7 Å². The zero-order valence-electron chi connectivity index (χ0n) is 13.3. The zero-order valence-corrected chi connectivity index (χ0v) is 13.3. The Balaban J connectivity index is 2.00. The summed E-state index contributed by atoms with van der Waals surface area (Å²) in [5, 5.41) is 0. The second kappa shape index (κ2) is 7.24. The van der Waals surface area contributed by atoms with Gasteiger partial charge in [0.1, 0.15) is 0 Å². The molecule has 0 spiro atoms. The summed E-state index contributed by atoms with van der Waals surface area (Å²) in [5.74, 6) is 0. The van der Waals surface area contributed by atoms with E-state index >= 15 is 0 Å². The van der Waals surface area contributed by atoms with Crippen LogP contribution in [0.15, 0.2) is 24.3 Å². The fourth-order valence-electron chi connectivity index (χ4n) is 3.41. The smallest absolute Gasteiger partial charge is 0.0589 e. The lowest BCUT2D eigenvalue weighted by atomic mass is 9.76. The maximum absolute atomic E-state index is 5.17. The van der Waals surface area contributed by atoms with Crippen LogP contribution in [-0.4, -0.2) is 38.8 Å². The Bertz CT molecular complexity index is 392. The molecule has 2 nitrogen and oxygen atoms in total. The molecule has 0 radical (unpaired) electrons. The molecule has 0 amide bonds. The Morgan fingerprint density at radius 1 is 1.10 bits per heavy atom. The van der Waals surface area contributed by atoms with E-state index in [1.54, 1.807) is 12.7 Å².